The Labute approximate surface area is 150 Å². The van der Waals surface area contributed by atoms with Crippen LogP contribution in [0.2, 0.25) is 0 Å². The zero-order valence-corrected chi connectivity index (χ0v) is 13.7. The smallest absolute Gasteiger partial charge is 0.330 e. The van der Waals surface area contributed by atoms with Gasteiger partial charge in [-0.2, -0.15) is 39.5 Å². The average Bonchev–Trinajstić information content (AvgIpc) is 2.50. The Morgan fingerprint density at radius 2 is 1.07 bits per heavy atom. The summed E-state index contributed by atoms with van der Waals surface area (Å²) in [6.45, 7) is -1.55. The van der Waals surface area contributed by atoms with Crippen molar-refractivity contribution in [2.24, 2.45) is 0 Å². The molecular weight excluding hydrogens is 409 g/mol. The van der Waals surface area contributed by atoms with Gasteiger partial charge in [-0.1, -0.05) is 11.8 Å². The van der Waals surface area contributed by atoms with E-state index in [1.807, 2.05) is 0 Å². The molecule has 2 aromatic rings. The summed E-state index contributed by atoms with van der Waals surface area (Å²) in [5, 5.41) is 0. The lowest BCUT2D eigenvalue weighted by Gasteiger charge is -2.34. The van der Waals surface area contributed by atoms with E-state index in [9.17, 15) is 39.5 Å². The van der Waals surface area contributed by atoms with E-state index in [1.54, 1.807) is 0 Å². The number of nitrogens with zero attached hydrogens (tertiary/aromatic N) is 1. The molecule has 0 unspecified atom stereocenters. The fraction of sp³-hybridized carbons (Fsp3) is 0.250. The molecule has 0 spiro atoms. The Balaban J connectivity index is 2.15. The molecule has 27 heavy (non-hydrogen) atoms. The summed E-state index contributed by atoms with van der Waals surface area (Å²) in [4.78, 5) is 0.253. The first kappa shape index (κ1) is 19.7. The summed E-state index contributed by atoms with van der Waals surface area (Å²) in [6.07, 6.45) is -14.2. The van der Waals surface area contributed by atoms with Crippen molar-refractivity contribution < 1.29 is 39.5 Å². The maximum atomic E-state index is 13.0. The van der Waals surface area contributed by atoms with Crippen LogP contribution in [0.25, 0.3) is 0 Å². The number of hydrogen-bond acceptors (Lipinski definition) is 2. The minimum absolute atomic E-state index is 0.155. The van der Waals surface area contributed by atoms with Crippen LogP contribution >= 0.6 is 11.8 Å². The Morgan fingerprint density at radius 3 is 1.41 bits per heavy atom. The van der Waals surface area contributed by atoms with Gasteiger partial charge in [-0.15, -0.1) is 0 Å². The molecule has 0 amide bonds. The molecule has 0 radical (unpaired) electrons. The largest absolute Gasteiger partial charge is 0.416 e. The standard InChI is InChI=1S/C16H8F9NS/c17-14(18,19)7-26-10-3-1-8(15(20,21)22)5-12(10)27-13-6-9(16(23,24)25)2-4-11(13)26/h1-6H,7H2. The molecule has 1 nitrogen and oxygen atoms in total. The first-order chi connectivity index (χ1) is 12.3. The minimum Gasteiger partial charge on any atom is -0.330 e. The Hall–Kier alpha value is -2.04. The summed E-state index contributed by atoms with van der Waals surface area (Å²) in [6, 6.07) is 4.31. The van der Waals surface area contributed by atoms with E-state index in [0.29, 0.717) is 40.9 Å². The molecule has 0 saturated heterocycles. The molecule has 0 aromatic heterocycles. The van der Waals surface area contributed by atoms with E-state index < -0.39 is 36.2 Å². The second-order valence-electron chi connectivity index (χ2n) is 5.66. The minimum atomic E-state index is -4.74. The number of hydrogen-bond donors (Lipinski definition) is 0. The Morgan fingerprint density at radius 1 is 0.667 bits per heavy atom. The lowest BCUT2D eigenvalue weighted by Crippen LogP contribution is -2.32. The molecule has 1 aliphatic rings. The zero-order valence-electron chi connectivity index (χ0n) is 12.9. The van der Waals surface area contributed by atoms with Crippen molar-refractivity contribution in [1.82, 2.24) is 0 Å². The number of fused-ring (bicyclic) bond motifs is 2. The second-order valence-corrected chi connectivity index (χ2v) is 6.75. The second kappa shape index (κ2) is 6.25. The topological polar surface area (TPSA) is 3.24 Å². The van der Waals surface area contributed by atoms with Crippen molar-refractivity contribution in [1.29, 1.82) is 0 Å². The molecule has 1 aliphatic heterocycles. The predicted octanol–water partition coefficient (Wildman–Crippen LogP) is 6.89. The normalized spacial score (nSPS) is 14.8. The van der Waals surface area contributed by atoms with E-state index >= 15 is 0 Å². The van der Waals surface area contributed by atoms with Gasteiger partial charge in [0.05, 0.1) is 22.5 Å². The van der Waals surface area contributed by atoms with E-state index in [4.69, 9.17) is 0 Å². The van der Waals surface area contributed by atoms with Gasteiger partial charge in [0.1, 0.15) is 6.54 Å². The molecule has 1 heterocycles. The van der Waals surface area contributed by atoms with Gasteiger partial charge in [0, 0.05) is 9.79 Å². The molecule has 3 rings (SSSR count). The molecule has 0 bridgehead atoms. The first-order valence-corrected chi connectivity index (χ1v) is 8.02. The third-order valence-electron chi connectivity index (χ3n) is 3.71. The van der Waals surface area contributed by atoms with Gasteiger partial charge in [-0.05, 0) is 36.4 Å². The average molecular weight is 417 g/mol. The van der Waals surface area contributed by atoms with Crippen LogP contribution in [0.4, 0.5) is 50.9 Å². The maximum absolute atomic E-state index is 13.0. The van der Waals surface area contributed by atoms with E-state index in [1.165, 1.54) is 0 Å². The number of benzene rings is 2. The van der Waals surface area contributed by atoms with Crippen LogP contribution in [-0.2, 0) is 12.4 Å². The summed E-state index contributed by atoms with van der Waals surface area (Å²) in [5.74, 6) is 0. The number of rotatable bonds is 1. The molecular formula is C16H8F9NS. The van der Waals surface area contributed by atoms with Crippen molar-refractivity contribution in [2.45, 2.75) is 28.3 Å². The summed E-state index contributed by atoms with van der Waals surface area (Å²) in [7, 11) is 0. The van der Waals surface area contributed by atoms with Crippen LogP contribution in [0.1, 0.15) is 11.1 Å². The molecule has 0 atom stereocenters. The van der Waals surface area contributed by atoms with Crippen molar-refractivity contribution in [3.05, 3.63) is 47.5 Å². The van der Waals surface area contributed by atoms with Crippen molar-refractivity contribution in [3.63, 3.8) is 0 Å². The lowest BCUT2D eigenvalue weighted by atomic mass is 10.1. The number of halogens is 9. The van der Waals surface area contributed by atoms with E-state index in [-0.39, 0.29) is 21.2 Å². The van der Waals surface area contributed by atoms with Gasteiger partial charge in [-0.3, -0.25) is 0 Å². The predicted molar refractivity (Wildman–Crippen MR) is 80.1 cm³/mol. The van der Waals surface area contributed by atoms with Crippen LogP contribution in [0, 0.1) is 0 Å². The lowest BCUT2D eigenvalue weighted by molar-refractivity contribution is -0.138. The summed E-state index contributed by atoms with van der Waals surface area (Å²) in [5.41, 5.74) is -2.51. The van der Waals surface area contributed by atoms with Gasteiger partial charge in [0.25, 0.3) is 0 Å². The monoisotopic (exact) mass is 417 g/mol. The van der Waals surface area contributed by atoms with Crippen LogP contribution in [0.3, 0.4) is 0 Å². The fourth-order valence-corrected chi connectivity index (χ4v) is 3.76. The van der Waals surface area contributed by atoms with Crippen LogP contribution in [0.15, 0.2) is 46.2 Å². The molecule has 0 aliphatic carbocycles. The SMILES string of the molecule is FC(F)(F)CN1c2ccc(C(F)(F)F)cc2Sc2cc(C(F)(F)F)ccc21. The third kappa shape index (κ3) is 4.12. The molecule has 0 saturated carbocycles. The van der Waals surface area contributed by atoms with Gasteiger partial charge in [0.15, 0.2) is 0 Å². The molecule has 0 fully saturated rings. The highest BCUT2D eigenvalue weighted by molar-refractivity contribution is 7.99. The first-order valence-electron chi connectivity index (χ1n) is 7.20. The maximum Gasteiger partial charge on any atom is 0.416 e. The molecule has 146 valence electrons. The van der Waals surface area contributed by atoms with Gasteiger partial charge in [-0.25, -0.2) is 0 Å². The highest BCUT2D eigenvalue weighted by Crippen LogP contribution is 2.51. The molecule has 0 N–H and O–H groups in total. The highest BCUT2D eigenvalue weighted by atomic mass is 32.2. The van der Waals surface area contributed by atoms with E-state index in [2.05, 4.69) is 0 Å². The number of anilines is 2. The van der Waals surface area contributed by atoms with Gasteiger partial charge in [0.2, 0.25) is 0 Å². The third-order valence-corrected chi connectivity index (χ3v) is 4.81. The van der Waals surface area contributed by atoms with Gasteiger partial charge < -0.3 is 4.90 Å². The Bertz CT molecular complexity index is 804. The fourth-order valence-electron chi connectivity index (χ4n) is 2.59. The van der Waals surface area contributed by atoms with Crippen LogP contribution in [-0.4, -0.2) is 12.7 Å². The van der Waals surface area contributed by atoms with Crippen LogP contribution < -0.4 is 4.90 Å². The summed E-state index contributed by atoms with van der Waals surface area (Å²) < 4.78 is 116. The molecule has 11 heteroatoms. The van der Waals surface area contributed by atoms with Crippen molar-refractivity contribution >= 4 is 23.1 Å². The van der Waals surface area contributed by atoms with Crippen molar-refractivity contribution in [3.8, 4) is 0 Å². The Kier molecular flexibility index (Phi) is 4.56. The zero-order chi connectivity index (χ0) is 20.2. The van der Waals surface area contributed by atoms with Crippen LogP contribution in [0.5, 0.6) is 0 Å². The molecule has 2 aromatic carbocycles. The highest BCUT2D eigenvalue weighted by Gasteiger charge is 2.38. The quantitative estimate of drug-likeness (QED) is 0.465. The summed E-state index contributed by atoms with van der Waals surface area (Å²) >= 11 is 0.564. The van der Waals surface area contributed by atoms with Gasteiger partial charge >= 0.3 is 18.5 Å². The van der Waals surface area contributed by atoms with E-state index in [0.717, 1.165) is 12.1 Å². The number of alkyl halides is 9. The van der Waals surface area contributed by atoms with Crippen molar-refractivity contribution in [2.75, 3.05) is 11.4 Å².